The molecular weight excluding hydrogens is 567 g/mol. The van der Waals surface area contributed by atoms with Gasteiger partial charge in [0, 0.05) is 0 Å². The van der Waals surface area contributed by atoms with Gasteiger partial charge in [-0.15, -0.1) is 0 Å². The zero-order valence-electron chi connectivity index (χ0n) is 21.7. The number of carbonyl (C=O) groups is 2. The number of alkyl halides is 2. The van der Waals surface area contributed by atoms with E-state index in [0.29, 0.717) is 12.3 Å². The fourth-order valence-corrected chi connectivity index (χ4v) is 9.06. The van der Waals surface area contributed by atoms with Gasteiger partial charge in [-0.3, -0.25) is 0 Å². The molecular formula is C28H38IN4O3-. The first-order valence-corrected chi connectivity index (χ1v) is 16.9. The van der Waals surface area contributed by atoms with Crippen molar-refractivity contribution >= 4 is 11.8 Å². The van der Waals surface area contributed by atoms with E-state index in [1.165, 1.54) is 27.5 Å². The monoisotopic (exact) mass is 605 g/mol. The summed E-state index contributed by atoms with van der Waals surface area (Å²) in [6.45, 7) is 7.04. The number of halogens is 1. The number of carbonyl (C=O) groups excluding carboxylic acids is 2. The molecule has 2 aromatic rings. The molecule has 6 unspecified atom stereocenters. The summed E-state index contributed by atoms with van der Waals surface area (Å²) in [4.78, 5) is 30.4. The number of aromatic nitrogens is 2. The molecule has 7 nitrogen and oxygen atoms in total. The number of fused-ring (bicyclic) bond motifs is 3. The Balaban J connectivity index is 1.43. The molecule has 0 radical (unpaired) electrons. The van der Waals surface area contributed by atoms with Crippen molar-refractivity contribution in [1.82, 2.24) is 20.0 Å². The molecule has 6 atom stereocenters. The normalized spacial score (nSPS) is 29.5. The number of aliphatic hydroxyl groups excluding tert-OH is 1. The van der Waals surface area contributed by atoms with Gasteiger partial charge in [0.05, 0.1) is 0 Å². The maximum atomic E-state index is 13.5. The SMILES string of the molecule is CCC(C)C(=O)N1CC(O)CC1C(=O)NC1CC2CC2(C[I-]C)c2cc(-c3ccnn3CC)ccc21. The van der Waals surface area contributed by atoms with Crippen molar-refractivity contribution in [2.75, 3.05) is 15.9 Å². The Morgan fingerprint density at radius 3 is 2.81 bits per heavy atom. The van der Waals surface area contributed by atoms with Crippen LogP contribution < -0.4 is 26.5 Å². The first-order valence-electron chi connectivity index (χ1n) is 13.2. The van der Waals surface area contributed by atoms with Crippen molar-refractivity contribution in [2.45, 2.75) is 76.6 Å². The molecule has 2 N–H and O–H groups in total. The molecule has 1 aromatic carbocycles. The van der Waals surface area contributed by atoms with E-state index < -0.39 is 12.1 Å². The molecule has 1 saturated heterocycles. The predicted octanol–water partition coefficient (Wildman–Crippen LogP) is 0.115. The summed E-state index contributed by atoms with van der Waals surface area (Å²) in [6.07, 6.45) is 4.38. The maximum absolute atomic E-state index is 13.5. The molecule has 1 aliphatic heterocycles. The van der Waals surface area contributed by atoms with E-state index in [1.54, 1.807) is 4.90 Å². The number of nitrogens with zero attached hydrogens (tertiary/aromatic N) is 3. The molecule has 0 spiro atoms. The third kappa shape index (κ3) is 4.38. The summed E-state index contributed by atoms with van der Waals surface area (Å²) in [5.74, 6) is 0.264. The second-order valence-electron chi connectivity index (χ2n) is 10.8. The zero-order valence-corrected chi connectivity index (χ0v) is 23.9. The molecule has 3 aliphatic rings. The van der Waals surface area contributed by atoms with Gasteiger partial charge in [0.2, 0.25) is 0 Å². The van der Waals surface area contributed by atoms with Gasteiger partial charge in [0.25, 0.3) is 0 Å². The van der Waals surface area contributed by atoms with Crippen molar-refractivity contribution in [3.05, 3.63) is 41.6 Å². The average molecular weight is 606 g/mol. The number of rotatable bonds is 8. The van der Waals surface area contributed by atoms with Gasteiger partial charge in [-0.2, -0.15) is 0 Å². The van der Waals surface area contributed by atoms with Crippen LogP contribution in [0.15, 0.2) is 30.5 Å². The second kappa shape index (κ2) is 10.1. The van der Waals surface area contributed by atoms with Crippen LogP contribution in [0.25, 0.3) is 11.3 Å². The summed E-state index contributed by atoms with van der Waals surface area (Å²) < 4.78 is 3.30. The molecule has 0 bridgehead atoms. The molecule has 1 aromatic heterocycles. The predicted molar refractivity (Wildman–Crippen MR) is 135 cm³/mol. The molecule has 5 rings (SSSR count). The van der Waals surface area contributed by atoms with Gasteiger partial charge in [-0.1, -0.05) is 6.92 Å². The van der Waals surface area contributed by atoms with Gasteiger partial charge < -0.3 is 0 Å². The Morgan fingerprint density at radius 2 is 2.08 bits per heavy atom. The number of hydrogen-bond donors (Lipinski definition) is 2. The van der Waals surface area contributed by atoms with E-state index in [9.17, 15) is 14.7 Å². The van der Waals surface area contributed by atoms with E-state index >= 15 is 0 Å². The van der Waals surface area contributed by atoms with Crippen LogP contribution in [0.4, 0.5) is 0 Å². The number of likely N-dealkylation sites (tertiary alicyclic amines) is 1. The summed E-state index contributed by atoms with van der Waals surface area (Å²) in [5, 5.41) is 18.1. The van der Waals surface area contributed by atoms with Crippen molar-refractivity contribution in [3.8, 4) is 11.3 Å². The summed E-state index contributed by atoms with van der Waals surface area (Å²) in [6, 6.07) is 8.14. The van der Waals surface area contributed by atoms with Crippen LogP contribution in [0.2, 0.25) is 0 Å². The van der Waals surface area contributed by atoms with Crippen molar-refractivity contribution in [1.29, 1.82) is 0 Å². The average Bonchev–Trinajstić information content (AvgIpc) is 3.19. The molecule has 2 fully saturated rings. The molecule has 2 aliphatic carbocycles. The number of β-amino-alcohol motifs (C(OH)–C–C–N with tert-alkyl or cyclic N) is 1. The summed E-state index contributed by atoms with van der Waals surface area (Å²) in [5.41, 5.74) is 5.19. The van der Waals surface area contributed by atoms with Crippen LogP contribution in [-0.2, 0) is 21.5 Å². The summed E-state index contributed by atoms with van der Waals surface area (Å²) in [7, 11) is 0. The van der Waals surface area contributed by atoms with Crippen LogP contribution in [0.5, 0.6) is 0 Å². The van der Waals surface area contributed by atoms with Crippen LogP contribution in [0.1, 0.15) is 63.6 Å². The third-order valence-electron chi connectivity index (χ3n) is 8.62. The number of amides is 2. The summed E-state index contributed by atoms with van der Waals surface area (Å²) >= 11 is 0.139. The van der Waals surface area contributed by atoms with E-state index in [2.05, 4.69) is 46.5 Å². The fourth-order valence-electron chi connectivity index (χ4n) is 6.35. The van der Waals surface area contributed by atoms with Gasteiger partial charge in [-0.25, -0.2) is 0 Å². The van der Waals surface area contributed by atoms with Crippen LogP contribution in [0.3, 0.4) is 0 Å². The Kier molecular flexibility index (Phi) is 7.20. The van der Waals surface area contributed by atoms with Crippen molar-refractivity contribution < 1.29 is 35.9 Å². The first-order chi connectivity index (χ1) is 17.3. The Bertz CT molecular complexity index is 1150. The van der Waals surface area contributed by atoms with E-state index in [-0.39, 0.29) is 56.9 Å². The van der Waals surface area contributed by atoms with Crippen molar-refractivity contribution in [2.24, 2.45) is 11.8 Å². The third-order valence-corrected chi connectivity index (χ3v) is 10.7. The van der Waals surface area contributed by atoms with Gasteiger partial charge in [0.1, 0.15) is 0 Å². The molecule has 1 saturated carbocycles. The van der Waals surface area contributed by atoms with Crippen LogP contribution >= 0.6 is 0 Å². The number of benzene rings is 1. The van der Waals surface area contributed by atoms with E-state index in [4.69, 9.17) is 0 Å². The fraction of sp³-hybridized carbons (Fsp3) is 0.607. The Hall–Kier alpha value is -1.94. The standard InChI is InChI=1S/C28H38IN4O3/c1-5-17(3)27(36)32-15-20(34)13-25(32)26(35)31-23-12-19-14-28(19,16-29-4)22-11-18(7-8-21(22)23)24-9-10-30-33(24)6-2/h7-11,17,19-20,23,25,34H,5-6,12-16H2,1-4H3,(H,31,35)/q-1. The molecule has 36 heavy (non-hydrogen) atoms. The molecule has 2 heterocycles. The molecule has 2 amide bonds. The topological polar surface area (TPSA) is 87.5 Å². The van der Waals surface area contributed by atoms with Gasteiger partial charge in [0.15, 0.2) is 0 Å². The van der Waals surface area contributed by atoms with Crippen LogP contribution in [0, 0.1) is 11.8 Å². The van der Waals surface area contributed by atoms with Gasteiger partial charge >= 0.3 is 218 Å². The first kappa shape index (κ1) is 25.7. The molecule has 196 valence electrons. The number of aliphatic hydroxyl groups is 1. The van der Waals surface area contributed by atoms with Crippen LogP contribution in [-0.4, -0.2) is 59.6 Å². The second-order valence-corrected chi connectivity index (χ2v) is 13.1. The van der Waals surface area contributed by atoms with Gasteiger partial charge in [-0.05, 0) is 0 Å². The Morgan fingerprint density at radius 1 is 1.28 bits per heavy atom. The Labute approximate surface area is 224 Å². The molecule has 8 heteroatoms. The van der Waals surface area contributed by atoms with Crippen molar-refractivity contribution in [3.63, 3.8) is 0 Å². The van der Waals surface area contributed by atoms with E-state index in [0.717, 1.165) is 25.1 Å². The minimum atomic E-state index is -0.650. The minimum absolute atomic E-state index is 0.0384. The zero-order chi connectivity index (χ0) is 25.6. The number of hydrogen-bond acceptors (Lipinski definition) is 4. The van der Waals surface area contributed by atoms with E-state index in [1.807, 2.05) is 24.7 Å². The number of nitrogens with one attached hydrogen (secondary N) is 1. The quantitative estimate of drug-likeness (QED) is 0.331. The number of aryl methyl sites for hydroxylation is 1.